The quantitative estimate of drug-likeness (QED) is 0.769. The summed E-state index contributed by atoms with van der Waals surface area (Å²) in [6.45, 7) is 3.97. The first-order chi connectivity index (χ1) is 13.4. The van der Waals surface area contributed by atoms with Crippen LogP contribution in [-0.2, 0) is 9.53 Å². The van der Waals surface area contributed by atoms with Crippen LogP contribution in [0.4, 0.5) is 0 Å². The first kappa shape index (κ1) is 19.0. The van der Waals surface area contributed by atoms with E-state index in [1.54, 1.807) is 7.11 Å². The lowest BCUT2D eigenvalue weighted by molar-refractivity contribution is -0.116. The van der Waals surface area contributed by atoms with Crippen molar-refractivity contribution in [3.8, 4) is 11.1 Å². The van der Waals surface area contributed by atoms with Gasteiger partial charge >= 0.3 is 0 Å². The van der Waals surface area contributed by atoms with Crippen molar-refractivity contribution >= 4 is 23.1 Å². The van der Waals surface area contributed by atoms with E-state index in [4.69, 9.17) is 16.3 Å². The van der Waals surface area contributed by atoms with E-state index in [9.17, 15) is 9.90 Å². The summed E-state index contributed by atoms with van der Waals surface area (Å²) < 4.78 is 5.46. The van der Waals surface area contributed by atoms with Crippen LogP contribution in [0, 0.1) is 13.8 Å². The maximum atomic E-state index is 13.0. The van der Waals surface area contributed by atoms with Gasteiger partial charge in [-0.2, -0.15) is 0 Å². The van der Waals surface area contributed by atoms with E-state index in [-0.39, 0.29) is 17.8 Å². The molecule has 28 heavy (non-hydrogen) atoms. The summed E-state index contributed by atoms with van der Waals surface area (Å²) in [5, 5.41) is 14.9. The van der Waals surface area contributed by atoms with E-state index in [2.05, 4.69) is 5.32 Å². The molecule has 1 heterocycles. The van der Waals surface area contributed by atoms with E-state index in [0.29, 0.717) is 23.4 Å². The molecule has 1 aliphatic carbocycles. The third-order valence-electron chi connectivity index (χ3n) is 6.15. The van der Waals surface area contributed by atoms with E-state index in [0.717, 1.165) is 34.2 Å². The first-order valence-corrected chi connectivity index (χ1v) is 9.89. The average molecular weight is 398 g/mol. The third kappa shape index (κ3) is 2.92. The Bertz CT molecular complexity index is 980. The SMILES string of the molecule is COC1CCC2(C1)NC(=O)C(c1c(C)ccc(-c3ccc(Cl)cc3)c1C)=C2O. The number of halogens is 1. The standard InChI is InChI=1S/C23H24ClNO3/c1-13-4-9-18(15-5-7-16(24)8-6-15)14(2)19(13)20-21(26)23(25-22(20)27)11-10-17(12-23)28-3/h4-9,17,26H,10-12H2,1-3H3,(H,25,27). The largest absolute Gasteiger partial charge is 0.509 e. The maximum Gasteiger partial charge on any atom is 0.256 e. The third-order valence-corrected chi connectivity index (χ3v) is 6.40. The summed E-state index contributed by atoms with van der Waals surface area (Å²) in [4.78, 5) is 13.0. The highest BCUT2D eigenvalue weighted by Crippen LogP contribution is 2.45. The molecule has 2 aromatic rings. The molecule has 2 aromatic carbocycles. The molecule has 1 amide bonds. The molecule has 0 radical (unpaired) electrons. The summed E-state index contributed by atoms with van der Waals surface area (Å²) in [7, 11) is 1.67. The number of nitrogens with one attached hydrogen (secondary N) is 1. The molecule has 0 bridgehead atoms. The summed E-state index contributed by atoms with van der Waals surface area (Å²) in [5.74, 6) is -0.0646. The Labute approximate surface area is 170 Å². The van der Waals surface area contributed by atoms with Gasteiger partial charge in [-0.05, 0) is 66.6 Å². The van der Waals surface area contributed by atoms with Gasteiger partial charge in [-0.1, -0.05) is 35.9 Å². The van der Waals surface area contributed by atoms with Crippen LogP contribution in [0.3, 0.4) is 0 Å². The van der Waals surface area contributed by atoms with Crippen LogP contribution in [0.1, 0.15) is 36.0 Å². The van der Waals surface area contributed by atoms with Crippen molar-refractivity contribution < 1.29 is 14.6 Å². The topological polar surface area (TPSA) is 58.6 Å². The molecule has 4 rings (SSSR count). The van der Waals surface area contributed by atoms with Crippen LogP contribution < -0.4 is 5.32 Å². The second kappa shape index (κ2) is 6.94. The zero-order valence-electron chi connectivity index (χ0n) is 16.3. The number of amides is 1. The van der Waals surface area contributed by atoms with Crippen molar-refractivity contribution in [2.24, 2.45) is 0 Å². The zero-order valence-corrected chi connectivity index (χ0v) is 17.1. The van der Waals surface area contributed by atoms with Crippen molar-refractivity contribution in [1.29, 1.82) is 0 Å². The number of carbonyl (C=O) groups is 1. The number of ether oxygens (including phenoxy) is 1. The van der Waals surface area contributed by atoms with Crippen LogP contribution in [0.25, 0.3) is 16.7 Å². The molecule has 0 saturated heterocycles. The number of rotatable bonds is 3. The van der Waals surface area contributed by atoms with Gasteiger partial charge in [-0.3, -0.25) is 4.79 Å². The lowest BCUT2D eigenvalue weighted by Crippen LogP contribution is -2.42. The van der Waals surface area contributed by atoms with Crippen LogP contribution in [-0.4, -0.2) is 29.8 Å². The van der Waals surface area contributed by atoms with Crippen molar-refractivity contribution in [2.75, 3.05) is 7.11 Å². The highest BCUT2D eigenvalue weighted by Gasteiger charge is 2.51. The minimum Gasteiger partial charge on any atom is -0.509 e. The molecular weight excluding hydrogens is 374 g/mol. The Morgan fingerprint density at radius 1 is 1.18 bits per heavy atom. The number of aliphatic hydroxyl groups is 1. The number of carbonyl (C=O) groups excluding carboxylic acids is 1. The van der Waals surface area contributed by atoms with Gasteiger partial charge in [0, 0.05) is 18.6 Å². The monoisotopic (exact) mass is 397 g/mol. The number of benzene rings is 2. The Kier molecular flexibility index (Phi) is 4.72. The molecule has 2 unspecified atom stereocenters. The van der Waals surface area contributed by atoms with Gasteiger partial charge < -0.3 is 15.2 Å². The summed E-state index contributed by atoms with van der Waals surface area (Å²) in [6.07, 6.45) is 2.14. The van der Waals surface area contributed by atoms with Crippen molar-refractivity contribution in [3.05, 3.63) is 63.9 Å². The fraction of sp³-hybridized carbons (Fsp3) is 0.348. The molecule has 2 N–H and O–H groups in total. The molecule has 5 heteroatoms. The number of hydrogen-bond acceptors (Lipinski definition) is 3. The zero-order chi connectivity index (χ0) is 20.1. The molecular formula is C23H24ClNO3. The first-order valence-electron chi connectivity index (χ1n) is 9.52. The van der Waals surface area contributed by atoms with Crippen LogP contribution in [0.15, 0.2) is 42.2 Å². The van der Waals surface area contributed by atoms with E-state index in [1.807, 2.05) is 50.2 Å². The molecule has 2 aliphatic rings. The van der Waals surface area contributed by atoms with Crippen molar-refractivity contribution in [1.82, 2.24) is 5.32 Å². The number of hydrogen-bond donors (Lipinski definition) is 2. The molecule has 1 spiro atoms. The number of aliphatic hydroxyl groups excluding tert-OH is 1. The molecule has 4 nitrogen and oxygen atoms in total. The van der Waals surface area contributed by atoms with Crippen molar-refractivity contribution in [2.45, 2.75) is 44.8 Å². The van der Waals surface area contributed by atoms with Crippen LogP contribution in [0.2, 0.25) is 5.02 Å². The van der Waals surface area contributed by atoms with E-state index >= 15 is 0 Å². The fourth-order valence-electron chi connectivity index (χ4n) is 4.62. The molecule has 1 aliphatic heterocycles. The number of aryl methyl sites for hydroxylation is 1. The average Bonchev–Trinajstić information content (AvgIpc) is 3.19. The van der Waals surface area contributed by atoms with Gasteiger partial charge in [-0.25, -0.2) is 0 Å². The molecule has 2 atom stereocenters. The van der Waals surface area contributed by atoms with Crippen molar-refractivity contribution in [3.63, 3.8) is 0 Å². The second-order valence-electron chi connectivity index (χ2n) is 7.80. The smallest absolute Gasteiger partial charge is 0.256 e. The highest BCUT2D eigenvalue weighted by molar-refractivity contribution is 6.30. The Morgan fingerprint density at radius 3 is 2.54 bits per heavy atom. The molecule has 1 saturated carbocycles. The van der Waals surface area contributed by atoms with Gasteiger partial charge in [-0.15, -0.1) is 0 Å². The highest BCUT2D eigenvalue weighted by atomic mass is 35.5. The predicted molar refractivity (Wildman–Crippen MR) is 111 cm³/mol. The van der Waals surface area contributed by atoms with Crippen LogP contribution in [0.5, 0.6) is 0 Å². The summed E-state index contributed by atoms with van der Waals surface area (Å²) >= 11 is 6.03. The second-order valence-corrected chi connectivity index (χ2v) is 8.23. The molecule has 0 aromatic heterocycles. The van der Waals surface area contributed by atoms with Gasteiger partial charge in [0.2, 0.25) is 0 Å². The lowest BCUT2D eigenvalue weighted by Gasteiger charge is -2.24. The van der Waals surface area contributed by atoms with E-state index in [1.165, 1.54) is 0 Å². The normalized spacial score (nSPS) is 24.3. The molecule has 146 valence electrons. The van der Waals surface area contributed by atoms with Crippen LogP contribution >= 0.6 is 11.6 Å². The minimum atomic E-state index is -0.706. The fourth-order valence-corrected chi connectivity index (χ4v) is 4.75. The number of methoxy groups -OCH3 is 1. The van der Waals surface area contributed by atoms with E-state index < -0.39 is 5.54 Å². The minimum absolute atomic E-state index is 0.0457. The molecule has 1 fully saturated rings. The summed E-state index contributed by atoms with van der Waals surface area (Å²) in [6, 6.07) is 11.7. The predicted octanol–water partition coefficient (Wildman–Crippen LogP) is 4.96. The van der Waals surface area contributed by atoms with Gasteiger partial charge in [0.1, 0.15) is 11.3 Å². The Morgan fingerprint density at radius 2 is 1.89 bits per heavy atom. The Hall–Kier alpha value is -2.30. The van der Waals surface area contributed by atoms with Gasteiger partial charge in [0.25, 0.3) is 5.91 Å². The lowest BCUT2D eigenvalue weighted by atomic mass is 9.87. The van der Waals surface area contributed by atoms with Gasteiger partial charge in [0.05, 0.1) is 11.7 Å². The summed E-state index contributed by atoms with van der Waals surface area (Å²) in [5.41, 5.74) is 4.47. The maximum absolute atomic E-state index is 13.0. The Balaban J connectivity index is 1.85. The van der Waals surface area contributed by atoms with Gasteiger partial charge in [0.15, 0.2) is 0 Å².